The molecule has 2 rings (SSSR count). The highest BCUT2D eigenvalue weighted by Crippen LogP contribution is 2.33. The lowest BCUT2D eigenvalue weighted by Gasteiger charge is -2.21. The summed E-state index contributed by atoms with van der Waals surface area (Å²) in [6.07, 6.45) is 11.3. The van der Waals surface area contributed by atoms with Gasteiger partial charge in [-0.2, -0.15) is 0 Å². The van der Waals surface area contributed by atoms with Crippen LogP contribution < -0.4 is 4.72 Å². The Morgan fingerprint density at radius 2 is 1.48 bits per heavy atom. The zero-order valence-electron chi connectivity index (χ0n) is 21.2. The van der Waals surface area contributed by atoms with E-state index in [1.165, 1.54) is 56.6 Å². The van der Waals surface area contributed by atoms with Gasteiger partial charge in [-0.25, -0.2) is 8.42 Å². The smallest absolute Gasteiger partial charge is 0.262 e. The number of unbranched alkanes of at least 4 members (excludes halogenated alkanes) is 6. The van der Waals surface area contributed by atoms with Gasteiger partial charge in [0, 0.05) is 0 Å². The molecule has 1 unspecified atom stereocenters. The van der Waals surface area contributed by atoms with E-state index in [-0.39, 0.29) is 21.7 Å². The number of phenols is 1. The molecular formula is C28H43NO3S. The molecule has 1 atom stereocenters. The average Bonchev–Trinajstić information content (AvgIpc) is 2.76. The lowest BCUT2D eigenvalue weighted by Crippen LogP contribution is -2.15. The van der Waals surface area contributed by atoms with Crippen LogP contribution in [-0.2, 0) is 15.4 Å². The van der Waals surface area contributed by atoms with Crippen molar-refractivity contribution in [1.82, 2.24) is 0 Å². The first kappa shape index (κ1) is 27.2. The molecular weight excluding hydrogens is 430 g/mol. The Labute approximate surface area is 201 Å². The van der Waals surface area contributed by atoms with Gasteiger partial charge in [0.05, 0.1) is 10.6 Å². The molecule has 2 aromatic rings. The third-order valence-electron chi connectivity index (χ3n) is 6.42. The predicted octanol–water partition coefficient (Wildman–Crippen LogP) is 8.12. The summed E-state index contributed by atoms with van der Waals surface area (Å²) in [5.41, 5.74) is 2.20. The molecule has 0 radical (unpaired) electrons. The van der Waals surface area contributed by atoms with Gasteiger partial charge in [-0.05, 0) is 59.6 Å². The largest absolute Gasteiger partial charge is 0.506 e. The second-order valence-corrected chi connectivity index (χ2v) is 11.9. The second kappa shape index (κ2) is 12.5. The Balaban J connectivity index is 2.03. The standard InChI is InChI=1S/C28H43NO3S/c1-6-8-9-10-11-12-13-14-22(7-2)23-15-18-25(19-16-23)33(31,32)29-26-21-24(28(3,4)5)17-20-27(26)30/h15-22,29-30H,6-14H2,1-5H3. The van der Waals surface area contributed by atoms with E-state index < -0.39 is 10.0 Å². The zero-order valence-corrected chi connectivity index (χ0v) is 22.0. The molecule has 0 fully saturated rings. The normalized spacial score (nSPS) is 13.1. The van der Waals surface area contributed by atoms with Crippen molar-refractivity contribution in [3.63, 3.8) is 0 Å². The first-order valence-electron chi connectivity index (χ1n) is 12.5. The molecule has 0 bridgehead atoms. The Kier molecular flexibility index (Phi) is 10.3. The van der Waals surface area contributed by atoms with Crippen LogP contribution in [0.25, 0.3) is 0 Å². The molecule has 0 amide bonds. The van der Waals surface area contributed by atoms with Gasteiger partial charge in [0.1, 0.15) is 5.75 Å². The maximum absolute atomic E-state index is 13.0. The van der Waals surface area contributed by atoms with Crippen molar-refractivity contribution in [1.29, 1.82) is 0 Å². The van der Waals surface area contributed by atoms with Gasteiger partial charge >= 0.3 is 0 Å². The quantitative estimate of drug-likeness (QED) is 0.228. The van der Waals surface area contributed by atoms with Gasteiger partial charge < -0.3 is 5.11 Å². The van der Waals surface area contributed by atoms with Crippen molar-refractivity contribution in [2.24, 2.45) is 0 Å². The van der Waals surface area contributed by atoms with E-state index in [0.717, 1.165) is 18.4 Å². The van der Waals surface area contributed by atoms with Gasteiger partial charge in [-0.1, -0.05) is 97.8 Å². The fraction of sp³-hybridized carbons (Fsp3) is 0.571. The van der Waals surface area contributed by atoms with Crippen LogP contribution in [0.15, 0.2) is 47.4 Å². The maximum Gasteiger partial charge on any atom is 0.262 e. The number of rotatable bonds is 13. The lowest BCUT2D eigenvalue weighted by molar-refractivity contribution is 0.476. The Hall–Kier alpha value is -2.01. The molecule has 0 aliphatic heterocycles. The van der Waals surface area contributed by atoms with E-state index in [9.17, 15) is 13.5 Å². The van der Waals surface area contributed by atoms with Crippen molar-refractivity contribution >= 4 is 15.7 Å². The minimum atomic E-state index is -3.79. The molecule has 0 heterocycles. The summed E-state index contributed by atoms with van der Waals surface area (Å²) in [6.45, 7) is 10.6. The molecule has 4 nitrogen and oxygen atoms in total. The van der Waals surface area contributed by atoms with E-state index >= 15 is 0 Å². The number of hydrogen-bond acceptors (Lipinski definition) is 3. The summed E-state index contributed by atoms with van der Waals surface area (Å²) in [4.78, 5) is 0.206. The van der Waals surface area contributed by atoms with Gasteiger partial charge in [-0.3, -0.25) is 4.72 Å². The highest BCUT2D eigenvalue weighted by molar-refractivity contribution is 7.92. The molecule has 5 heteroatoms. The van der Waals surface area contributed by atoms with Crippen LogP contribution in [0.3, 0.4) is 0 Å². The molecule has 0 aliphatic rings. The van der Waals surface area contributed by atoms with Crippen LogP contribution in [0.4, 0.5) is 5.69 Å². The summed E-state index contributed by atoms with van der Waals surface area (Å²) in [6, 6.07) is 12.3. The highest BCUT2D eigenvalue weighted by Gasteiger charge is 2.20. The molecule has 184 valence electrons. The van der Waals surface area contributed by atoms with E-state index in [4.69, 9.17) is 0 Å². The van der Waals surface area contributed by atoms with E-state index in [1.54, 1.807) is 18.2 Å². The summed E-state index contributed by atoms with van der Waals surface area (Å²) < 4.78 is 28.5. The summed E-state index contributed by atoms with van der Waals surface area (Å²) >= 11 is 0. The minimum Gasteiger partial charge on any atom is -0.506 e. The van der Waals surface area contributed by atoms with Crippen molar-refractivity contribution in [3.05, 3.63) is 53.6 Å². The van der Waals surface area contributed by atoms with E-state index in [2.05, 4.69) is 18.6 Å². The maximum atomic E-state index is 13.0. The predicted molar refractivity (Wildman–Crippen MR) is 140 cm³/mol. The number of phenolic OH excluding ortho intramolecular Hbond substituents is 1. The number of benzene rings is 2. The molecule has 0 saturated heterocycles. The highest BCUT2D eigenvalue weighted by atomic mass is 32.2. The molecule has 0 aromatic heterocycles. The van der Waals surface area contributed by atoms with Crippen molar-refractivity contribution in [2.75, 3.05) is 4.72 Å². The number of sulfonamides is 1. The molecule has 33 heavy (non-hydrogen) atoms. The number of aromatic hydroxyl groups is 1. The summed E-state index contributed by atoms with van der Waals surface area (Å²) in [5.74, 6) is 0.377. The minimum absolute atomic E-state index is 0.0797. The average molecular weight is 474 g/mol. The first-order chi connectivity index (χ1) is 15.6. The van der Waals surface area contributed by atoms with Crippen LogP contribution in [0.5, 0.6) is 5.75 Å². The van der Waals surface area contributed by atoms with Crippen molar-refractivity contribution < 1.29 is 13.5 Å². The first-order valence-corrected chi connectivity index (χ1v) is 14.0. The van der Waals surface area contributed by atoms with Gasteiger partial charge in [-0.15, -0.1) is 0 Å². The topological polar surface area (TPSA) is 66.4 Å². The fourth-order valence-electron chi connectivity index (χ4n) is 4.16. The Morgan fingerprint density at radius 3 is 2.06 bits per heavy atom. The van der Waals surface area contributed by atoms with Crippen LogP contribution in [0, 0.1) is 0 Å². The SMILES string of the molecule is CCCCCCCCCC(CC)c1ccc(S(=O)(=O)Nc2cc(C(C)(C)C)ccc2O)cc1. The molecule has 2 aromatic carbocycles. The summed E-state index contributed by atoms with van der Waals surface area (Å²) in [5, 5.41) is 10.2. The van der Waals surface area contributed by atoms with E-state index in [1.807, 2.05) is 39.0 Å². The summed E-state index contributed by atoms with van der Waals surface area (Å²) in [7, 11) is -3.79. The fourth-order valence-corrected chi connectivity index (χ4v) is 5.23. The second-order valence-electron chi connectivity index (χ2n) is 10.2. The van der Waals surface area contributed by atoms with Gasteiger partial charge in [0.25, 0.3) is 10.0 Å². The number of nitrogens with one attached hydrogen (secondary N) is 1. The van der Waals surface area contributed by atoms with Crippen molar-refractivity contribution in [3.8, 4) is 5.75 Å². The Morgan fingerprint density at radius 1 is 0.879 bits per heavy atom. The van der Waals surface area contributed by atoms with Crippen LogP contribution in [0.1, 0.15) is 109 Å². The zero-order chi connectivity index (χ0) is 24.5. The molecule has 2 N–H and O–H groups in total. The third-order valence-corrected chi connectivity index (χ3v) is 7.80. The van der Waals surface area contributed by atoms with Gasteiger partial charge in [0.15, 0.2) is 0 Å². The number of anilines is 1. The third kappa shape index (κ3) is 8.37. The van der Waals surface area contributed by atoms with Crippen LogP contribution >= 0.6 is 0 Å². The number of hydrogen-bond donors (Lipinski definition) is 2. The lowest BCUT2D eigenvalue weighted by atomic mass is 9.87. The van der Waals surface area contributed by atoms with Crippen LogP contribution in [-0.4, -0.2) is 13.5 Å². The monoisotopic (exact) mass is 473 g/mol. The Bertz CT molecular complexity index is 960. The van der Waals surface area contributed by atoms with Gasteiger partial charge in [0.2, 0.25) is 0 Å². The molecule has 0 spiro atoms. The van der Waals surface area contributed by atoms with Crippen molar-refractivity contribution in [2.45, 2.75) is 109 Å². The van der Waals surface area contributed by atoms with Crippen LogP contribution in [0.2, 0.25) is 0 Å². The molecule has 0 saturated carbocycles. The van der Waals surface area contributed by atoms with E-state index in [0.29, 0.717) is 5.92 Å². The molecule has 0 aliphatic carbocycles.